The maximum absolute atomic E-state index is 12.7. The Kier molecular flexibility index (Phi) is 2.84. The van der Waals surface area contributed by atoms with Gasteiger partial charge in [0.2, 0.25) is 5.95 Å². The molecule has 3 aliphatic rings. The molecule has 1 aromatic rings. The first-order valence-corrected chi connectivity index (χ1v) is 6.35. The van der Waals surface area contributed by atoms with Gasteiger partial charge in [-0.2, -0.15) is 4.39 Å². The third-order valence-electron chi connectivity index (χ3n) is 4.02. The lowest BCUT2D eigenvalue weighted by Crippen LogP contribution is -2.67. The maximum Gasteiger partial charge on any atom is 0.212 e. The number of halogens is 1. The van der Waals surface area contributed by atoms with Crippen LogP contribution in [-0.4, -0.2) is 46.5 Å². The highest BCUT2D eigenvalue weighted by atomic mass is 19.1. The number of aromatic nitrogens is 1. The molecule has 4 heterocycles. The van der Waals surface area contributed by atoms with Crippen LogP contribution < -0.4 is 0 Å². The van der Waals surface area contributed by atoms with Crippen molar-refractivity contribution in [3.05, 3.63) is 29.8 Å². The van der Waals surface area contributed by atoms with Crippen LogP contribution in [-0.2, 0) is 6.54 Å². The van der Waals surface area contributed by atoms with Crippen molar-refractivity contribution in [2.45, 2.75) is 32.0 Å². The Labute approximate surface area is 101 Å². The molecule has 0 amide bonds. The highest BCUT2D eigenvalue weighted by molar-refractivity contribution is 5.12. The Morgan fingerprint density at radius 1 is 1.35 bits per heavy atom. The molecule has 0 aliphatic carbocycles. The molecule has 3 fully saturated rings. The van der Waals surface area contributed by atoms with Crippen molar-refractivity contribution in [2.24, 2.45) is 0 Å². The van der Waals surface area contributed by atoms with Gasteiger partial charge < -0.3 is 4.90 Å². The monoisotopic (exact) mass is 235 g/mol. The summed E-state index contributed by atoms with van der Waals surface area (Å²) in [5.41, 5.74) is 1.12. The number of rotatable bonds is 3. The highest BCUT2D eigenvalue weighted by Gasteiger charge is 2.43. The molecule has 1 aromatic heterocycles. The summed E-state index contributed by atoms with van der Waals surface area (Å²) in [5.74, 6) is -0.394. The fourth-order valence-corrected chi connectivity index (χ4v) is 3.00. The summed E-state index contributed by atoms with van der Waals surface area (Å²) in [6.07, 6.45) is 2.98. The number of likely N-dealkylation sites (N-methyl/N-ethyl adjacent to an activating group) is 1. The van der Waals surface area contributed by atoms with E-state index in [-0.39, 0.29) is 0 Å². The molecule has 0 radical (unpaired) electrons. The highest BCUT2D eigenvalue weighted by Crippen LogP contribution is 2.33. The quantitative estimate of drug-likeness (QED) is 0.740. The molecular formula is C13H18FN3. The van der Waals surface area contributed by atoms with Crippen LogP contribution in [0.4, 0.5) is 4.39 Å². The van der Waals surface area contributed by atoms with Crippen LogP contribution in [0.2, 0.25) is 0 Å². The Balaban J connectivity index is 1.63. The first-order valence-electron chi connectivity index (χ1n) is 6.35. The van der Waals surface area contributed by atoms with E-state index in [4.69, 9.17) is 0 Å². The first kappa shape index (κ1) is 11.1. The third-order valence-corrected chi connectivity index (χ3v) is 4.02. The van der Waals surface area contributed by atoms with Gasteiger partial charge >= 0.3 is 0 Å². The first-order chi connectivity index (χ1) is 8.26. The molecule has 3 aliphatic heterocycles. The molecule has 0 aromatic carbocycles. The summed E-state index contributed by atoms with van der Waals surface area (Å²) in [6.45, 7) is 6.65. The van der Waals surface area contributed by atoms with E-state index in [1.807, 2.05) is 6.07 Å². The molecule has 3 nitrogen and oxygen atoms in total. The molecule has 0 spiro atoms. The van der Waals surface area contributed by atoms with Crippen molar-refractivity contribution in [2.75, 3.05) is 19.6 Å². The molecular weight excluding hydrogens is 217 g/mol. The summed E-state index contributed by atoms with van der Waals surface area (Å²) >= 11 is 0. The number of pyridine rings is 1. The summed E-state index contributed by atoms with van der Waals surface area (Å²) in [5, 5.41) is 0. The Morgan fingerprint density at radius 2 is 2.12 bits per heavy atom. The van der Waals surface area contributed by atoms with E-state index < -0.39 is 5.95 Å². The van der Waals surface area contributed by atoms with Gasteiger partial charge in [0.25, 0.3) is 0 Å². The zero-order valence-corrected chi connectivity index (χ0v) is 10.1. The topological polar surface area (TPSA) is 19.4 Å². The number of hydrogen-bond donors (Lipinski definition) is 0. The summed E-state index contributed by atoms with van der Waals surface area (Å²) < 4.78 is 12.7. The van der Waals surface area contributed by atoms with Crippen LogP contribution in [0, 0.1) is 5.95 Å². The molecule has 3 saturated heterocycles. The molecule has 0 N–H and O–H groups in total. The zero-order chi connectivity index (χ0) is 11.8. The van der Waals surface area contributed by atoms with Crippen molar-refractivity contribution < 1.29 is 4.39 Å². The molecule has 2 bridgehead atoms. The van der Waals surface area contributed by atoms with Crippen LogP contribution >= 0.6 is 0 Å². The van der Waals surface area contributed by atoms with E-state index in [2.05, 4.69) is 21.7 Å². The second-order valence-corrected chi connectivity index (χ2v) is 5.06. The second kappa shape index (κ2) is 4.35. The largest absolute Gasteiger partial charge is 0.301 e. The van der Waals surface area contributed by atoms with Gasteiger partial charge in [-0.15, -0.1) is 0 Å². The Hall–Kier alpha value is -1.00. The molecule has 4 rings (SSSR count). The minimum absolute atomic E-state index is 0.394. The van der Waals surface area contributed by atoms with Crippen LogP contribution in [0.15, 0.2) is 18.3 Å². The van der Waals surface area contributed by atoms with Gasteiger partial charge in [-0.05, 0) is 24.6 Å². The Bertz CT molecular complexity index is 380. The van der Waals surface area contributed by atoms with Crippen molar-refractivity contribution in [1.82, 2.24) is 14.8 Å². The van der Waals surface area contributed by atoms with Gasteiger partial charge in [-0.1, -0.05) is 13.0 Å². The van der Waals surface area contributed by atoms with E-state index in [1.54, 1.807) is 6.20 Å². The van der Waals surface area contributed by atoms with Crippen molar-refractivity contribution >= 4 is 0 Å². The lowest BCUT2D eigenvalue weighted by molar-refractivity contribution is -0.0732. The maximum atomic E-state index is 12.7. The molecule has 0 saturated carbocycles. The van der Waals surface area contributed by atoms with Crippen molar-refractivity contribution in [3.63, 3.8) is 0 Å². The van der Waals surface area contributed by atoms with Gasteiger partial charge in [0, 0.05) is 37.9 Å². The predicted molar refractivity (Wildman–Crippen MR) is 64.0 cm³/mol. The van der Waals surface area contributed by atoms with Crippen molar-refractivity contribution in [1.29, 1.82) is 0 Å². The molecule has 2 unspecified atom stereocenters. The smallest absolute Gasteiger partial charge is 0.212 e. The number of piperazine rings is 1. The number of nitrogens with zero attached hydrogens (tertiary/aromatic N) is 3. The minimum atomic E-state index is -0.394. The second-order valence-electron chi connectivity index (χ2n) is 5.06. The fraction of sp³-hybridized carbons (Fsp3) is 0.615. The van der Waals surface area contributed by atoms with Gasteiger partial charge in [-0.3, -0.25) is 4.90 Å². The molecule has 92 valence electrons. The number of hydrogen-bond acceptors (Lipinski definition) is 3. The lowest BCUT2D eigenvalue weighted by atomic mass is 9.87. The number of piperidine rings is 1. The van der Waals surface area contributed by atoms with Crippen LogP contribution in [0.25, 0.3) is 0 Å². The van der Waals surface area contributed by atoms with Crippen LogP contribution in [0.1, 0.15) is 18.9 Å². The van der Waals surface area contributed by atoms with Crippen LogP contribution in [0.5, 0.6) is 0 Å². The average molecular weight is 235 g/mol. The van der Waals surface area contributed by atoms with Crippen LogP contribution in [0.3, 0.4) is 0 Å². The Morgan fingerprint density at radius 3 is 2.71 bits per heavy atom. The zero-order valence-electron chi connectivity index (χ0n) is 10.1. The molecule has 4 heteroatoms. The SMILES string of the molecule is CCN1CC2CC(C1)N2Cc1ccc(F)nc1. The van der Waals surface area contributed by atoms with Gasteiger partial charge in [0.15, 0.2) is 0 Å². The third kappa shape index (κ3) is 2.07. The predicted octanol–water partition coefficient (Wildman–Crippen LogP) is 1.50. The van der Waals surface area contributed by atoms with Gasteiger partial charge in [0.1, 0.15) is 0 Å². The van der Waals surface area contributed by atoms with E-state index in [1.165, 1.54) is 25.6 Å². The van der Waals surface area contributed by atoms with E-state index >= 15 is 0 Å². The summed E-state index contributed by atoms with van der Waals surface area (Å²) in [7, 11) is 0. The van der Waals surface area contributed by atoms with Gasteiger partial charge in [0.05, 0.1) is 0 Å². The average Bonchev–Trinajstić information content (AvgIpc) is 2.38. The van der Waals surface area contributed by atoms with Gasteiger partial charge in [-0.25, -0.2) is 4.98 Å². The molecule has 2 atom stereocenters. The summed E-state index contributed by atoms with van der Waals surface area (Å²) in [6, 6.07) is 4.68. The van der Waals surface area contributed by atoms with Crippen molar-refractivity contribution in [3.8, 4) is 0 Å². The summed E-state index contributed by atoms with van der Waals surface area (Å²) in [4.78, 5) is 8.75. The van der Waals surface area contributed by atoms with E-state index in [9.17, 15) is 4.39 Å². The van der Waals surface area contributed by atoms with E-state index in [0.717, 1.165) is 18.7 Å². The normalized spacial score (nSPS) is 29.1. The number of fused-ring (bicyclic) bond motifs is 2. The standard InChI is InChI=1S/C13H18FN3/c1-2-16-8-11-5-12(9-16)17(11)7-10-3-4-13(14)15-6-10/h3-4,6,11-12H,2,5,7-9H2,1H3. The lowest BCUT2D eigenvalue weighted by Gasteiger charge is -2.56. The fourth-order valence-electron chi connectivity index (χ4n) is 3.00. The van der Waals surface area contributed by atoms with E-state index in [0.29, 0.717) is 12.1 Å². The molecule has 17 heavy (non-hydrogen) atoms. The minimum Gasteiger partial charge on any atom is -0.301 e.